The van der Waals surface area contributed by atoms with Gasteiger partial charge in [0.25, 0.3) is 5.69 Å². The zero-order valence-corrected chi connectivity index (χ0v) is 11.8. The molecule has 0 aliphatic rings. The molecule has 0 radical (unpaired) electrons. The Morgan fingerprint density at radius 2 is 2.00 bits per heavy atom. The Hall–Kier alpha value is -1.67. The molecule has 106 valence electrons. The minimum Gasteiger partial charge on any atom is -0.399 e. The van der Waals surface area contributed by atoms with Crippen LogP contribution in [0.3, 0.4) is 0 Å². The van der Waals surface area contributed by atoms with Gasteiger partial charge in [0.1, 0.15) is 0 Å². The third-order valence-electron chi connectivity index (χ3n) is 2.49. The summed E-state index contributed by atoms with van der Waals surface area (Å²) in [6.45, 7) is 4.01. The number of anilines is 1. The highest BCUT2D eigenvalue weighted by Crippen LogP contribution is 2.28. The minimum atomic E-state index is -3.89. The first kappa shape index (κ1) is 15.4. The van der Waals surface area contributed by atoms with Gasteiger partial charge in [-0.3, -0.25) is 10.1 Å². The normalized spacial score (nSPS) is 12.1. The van der Waals surface area contributed by atoms with Crippen LogP contribution in [0.5, 0.6) is 0 Å². The van der Waals surface area contributed by atoms with Crippen molar-refractivity contribution in [2.24, 2.45) is 5.92 Å². The average molecular weight is 287 g/mol. The molecule has 0 aliphatic carbocycles. The van der Waals surface area contributed by atoms with Gasteiger partial charge in [-0.05, 0) is 18.1 Å². The highest BCUT2D eigenvalue weighted by Gasteiger charge is 2.29. The van der Waals surface area contributed by atoms with Crippen molar-refractivity contribution in [3.63, 3.8) is 0 Å². The predicted octanol–water partition coefficient (Wildman–Crippen LogP) is 1.45. The third kappa shape index (κ3) is 3.42. The fourth-order valence-electron chi connectivity index (χ4n) is 1.68. The van der Waals surface area contributed by atoms with Gasteiger partial charge in [-0.1, -0.05) is 13.8 Å². The molecular weight excluding hydrogens is 270 g/mol. The Morgan fingerprint density at radius 1 is 1.42 bits per heavy atom. The minimum absolute atomic E-state index is 0.118. The Kier molecular flexibility index (Phi) is 4.48. The maximum atomic E-state index is 12.3. The van der Waals surface area contributed by atoms with E-state index in [-0.39, 0.29) is 23.0 Å². The van der Waals surface area contributed by atoms with Crippen LogP contribution < -0.4 is 5.73 Å². The number of benzene rings is 1. The van der Waals surface area contributed by atoms with Crippen molar-refractivity contribution < 1.29 is 13.3 Å². The van der Waals surface area contributed by atoms with Crippen LogP contribution in [0.4, 0.5) is 11.4 Å². The molecule has 1 aromatic carbocycles. The molecule has 1 aromatic rings. The van der Waals surface area contributed by atoms with E-state index in [4.69, 9.17) is 5.73 Å². The number of nitrogens with two attached hydrogens (primary N) is 1. The predicted molar refractivity (Wildman–Crippen MR) is 72.2 cm³/mol. The molecule has 0 atom stereocenters. The summed E-state index contributed by atoms with van der Waals surface area (Å²) in [5.41, 5.74) is 5.10. The van der Waals surface area contributed by atoms with Crippen LogP contribution in [-0.2, 0) is 10.0 Å². The molecule has 0 fully saturated rings. The maximum absolute atomic E-state index is 12.3. The SMILES string of the molecule is CC(C)CN(C)S(=O)(=O)c1ccc(N)cc1[N+](=O)[O-]. The molecule has 8 heteroatoms. The van der Waals surface area contributed by atoms with Crippen LogP contribution in [0.1, 0.15) is 13.8 Å². The van der Waals surface area contributed by atoms with E-state index >= 15 is 0 Å². The molecule has 1 rings (SSSR count). The smallest absolute Gasteiger partial charge is 0.291 e. The van der Waals surface area contributed by atoms with E-state index in [1.807, 2.05) is 13.8 Å². The number of nitrogen functional groups attached to an aromatic ring is 1. The van der Waals surface area contributed by atoms with E-state index in [0.29, 0.717) is 0 Å². The number of rotatable bonds is 5. The monoisotopic (exact) mass is 287 g/mol. The molecule has 2 N–H and O–H groups in total. The van der Waals surface area contributed by atoms with Crippen molar-refractivity contribution in [2.45, 2.75) is 18.7 Å². The number of sulfonamides is 1. The van der Waals surface area contributed by atoms with Gasteiger partial charge in [0.2, 0.25) is 10.0 Å². The van der Waals surface area contributed by atoms with Gasteiger partial charge in [0, 0.05) is 25.3 Å². The fourth-order valence-corrected chi connectivity index (χ4v) is 3.14. The second-order valence-corrected chi connectivity index (χ2v) is 6.68. The van der Waals surface area contributed by atoms with Gasteiger partial charge in [-0.15, -0.1) is 0 Å². The van der Waals surface area contributed by atoms with Crippen molar-refractivity contribution in [1.82, 2.24) is 4.31 Å². The van der Waals surface area contributed by atoms with Crippen LogP contribution in [0.2, 0.25) is 0 Å². The van der Waals surface area contributed by atoms with Crippen LogP contribution in [0.25, 0.3) is 0 Å². The molecule has 0 amide bonds. The summed E-state index contributed by atoms with van der Waals surface area (Å²) in [6.07, 6.45) is 0. The van der Waals surface area contributed by atoms with Crippen molar-refractivity contribution in [3.05, 3.63) is 28.3 Å². The van der Waals surface area contributed by atoms with Gasteiger partial charge < -0.3 is 5.73 Å². The Labute approximate surface area is 112 Å². The first-order valence-electron chi connectivity index (χ1n) is 5.66. The molecule has 0 aliphatic heterocycles. The second-order valence-electron chi connectivity index (χ2n) is 4.66. The molecule has 7 nitrogen and oxygen atoms in total. The quantitative estimate of drug-likeness (QED) is 0.501. The summed E-state index contributed by atoms with van der Waals surface area (Å²) >= 11 is 0. The standard InChI is InChI=1S/C11H17N3O4S/c1-8(2)7-13(3)19(17,18)11-5-4-9(12)6-10(11)14(15)16/h4-6,8H,7,12H2,1-3H3. The van der Waals surface area contributed by atoms with E-state index in [0.717, 1.165) is 10.4 Å². The van der Waals surface area contributed by atoms with Gasteiger partial charge in [0.15, 0.2) is 4.90 Å². The molecule has 19 heavy (non-hydrogen) atoms. The summed E-state index contributed by atoms with van der Waals surface area (Å²) in [5, 5.41) is 10.9. The molecule has 0 saturated carbocycles. The number of hydrogen-bond donors (Lipinski definition) is 1. The second kappa shape index (κ2) is 5.54. The van der Waals surface area contributed by atoms with Crippen LogP contribution in [0.15, 0.2) is 23.1 Å². The summed E-state index contributed by atoms with van der Waals surface area (Å²) < 4.78 is 25.7. The zero-order valence-electron chi connectivity index (χ0n) is 11.0. The lowest BCUT2D eigenvalue weighted by Crippen LogP contribution is -2.30. The number of hydrogen-bond acceptors (Lipinski definition) is 5. The van der Waals surface area contributed by atoms with Crippen LogP contribution >= 0.6 is 0 Å². The lowest BCUT2D eigenvalue weighted by molar-refractivity contribution is -0.387. The zero-order chi connectivity index (χ0) is 14.8. The van der Waals surface area contributed by atoms with Gasteiger partial charge in [0.05, 0.1) is 4.92 Å². The molecule has 0 bridgehead atoms. The Bertz CT molecular complexity index is 584. The summed E-state index contributed by atoms with van der Waals surface area (Å²) in [7, 11) is -2.49. The number of nitrogens with zero attached hydrogens (tertiary/aromatic N) is 2. The lowest BCUT2D eigenvalue weighted by Gasteiger charge is -2.19. The van der Waals surface area contributed by atoms with E-state index in [2.05, 4.69) is 0 Å². The molecule has 0 unspecified atom stereocenters. The van der Waals surface area contributed by atoms with Crippen LogP contribution in [0, 0.1) is 16.0 Å². The molecular formula is C11H17N3O4S. The maximum Gasteiger partial charge on any atom is 0.291 e. The summed E-state index contributed by atoms with van der Waals surface area (Å²) in [4.78, 5) is 9.85. The molecule has 0 aromatic heterocycles. The average Bonchev–Trinajstić information content (AvgIpc) is 2.27. The van der Waals surface area contributed by atoms with Crippen LogP contribution in [-0.4, -0.2) is 31.2 Å². The summed E-state index contributed by atoms with van der Waals surface area (Å²) in [5.74, 6) is 0.118. The lowest BCUT2D eigenvalue weighted by atomic mass is 10.2. The largest absolute Gasteiger partial charge is 0.399 e. The highest BCUT2D eigenvalue weighted by atomic mass is 32.2. The molecule has 0 spiro atoms. The van der Waals surface area contributed by atoms with Crippen molar-refractivity contribution >= 4 is 21.4 Å². The Morgan fingerprint density at radius 3 is 2.47 bits per heavy atom. The topological polar surface area (TPSA) is 107 Å². The van der Waals surface area contributed by atoms with E-state index in [1.54, 1.807) is 0 Å². The van der Waals surface area contributed by atoms with Crippen molar-refractivity contribution in [2.75, 3.05) is 19.3 Å². The summed E-state index contributed by atoms with van der Waals surface area (Å²) in [6, 6.07) is 3.55. The number of nitro groups is 1. The Balaban J connectivity index is 3.33. The molecule has 0 heterocycles. The third-order valence-corrected chi connectivity index (χ3v) is 4.36. The number of nitro benzene ring substituents is 1. The van der Waals surface area contributed by atoms with Crippen molar-refractivity contribution in [3.8, 4) is 0 Å². The fraction of sp³-hybridized carbons (Fsp3) is 0.455. The van der Waals surface area contributed by atoms with E-state index in [1.165, 1.54) is 19.2 Å². The first-order valence-corrected chi connectivity index (χ1v) is 7.10. The molecule has 0 saturated heterocycles. The van der Waals surface area contributed by atoms with Gasteiger partial charge in [-0.2, -0.15) is 0 Å². The van der Waals surface area contributed by atoms with Gasteiger partial charge in [-0.25, -0.2) is 12.7 Å². The van der Waals surface area contributed by atoms with E-state index < -0.39 is 20.6 Å². The highest BCUT2D eigenvalue weighted by molar-refractivity contribution is 7.89. The van der Waals surface area contributed by atoms with Gasteiger partial charge >= 0.3 is 0 Å². The van der Waals surface area contributed by atoms with E-state index in [9.17, 15) is 18.5 Å². The van der Waals surface area contributed by atoms with Crippen molar-refractivity contribution in [1.29, 1.82) is 0 Å². The first-order chi connectivity index (χ1) is 8.66.